The van der Waals surface area contributed by atoms with E-state index >= 15 is 0 Å². The fourth-order valence-corrected chi connectivity index (χ4v) is 5.09. The number of benzene rings is 4. The molecule has 200 valence electrons. The predicted octanol–water partition coefficient (Wildman–Crippen LogP) is 5.27. The number of ether oxygens (including phenoxy) is 2. The van der Waals surface area contributed by atoms with E-state index in [1.54, 1.807) is 78.9 Å². The topological polar surface area (TPSA) is 97.3 Å². The molecule has 1 N–H and O–H groups in total. The lowest BCUT2D eigenvalue weighted by atomic mass is 10.2. The number of nitrogens with zero attached hydrogens (tertiary/aromatic N) is 2. The van der Waals surface area contributed by atoms with Crippen molar-refractivity contribution in [1.29, 1.82) is 0 Å². The maximum atomic E-state index is 13.4. The van der Waals surface area contributed by atoms with Gasteiger partial charge in [0.25, 0.3) is 15.9 Å². The van der Waals surface area contributed by atoms with Gasteiger partial charge < -0.3 is 9.47 Å². The third kappa shape index (κ3) is 7.59. The van der Waals surface area contributed by atoms with Crippen LogP contribution in [0.4, 0.5) is 5.69 Å². The van der Waals surface area contributed by atoms with Crippen LogP contribution in [0.3, 0.4) is 0 Å². The Hall–Kier alpha value is -4.34. The van der Waals surface area contributed by atoms with Crippen molar-refractivity contribution in [2.24, 2.45) is 5.10 Å². The van der Waals surface area contributed by atoms with Crippen LogP contribution >= 0.6 is 11.6 Å². The van der Waals surface area contributed by atoms with Gasteiger partial charge in [0.2, 0.25) is 0 Å². The quantitative estimate of drug-likeness (QED) is 0.198. The van der Waals surface area contributed by atoms with Gasteiger partial charge in [-0.25, -0.2) is 13.8 Å². The highest BCUT2D eigenvalue weighted by molar-refractivity contribution is 7.92. The lowest BCUT2D eigenvalue weighted by Gasteiger charge is -2.23. The molecule has 4 aromatic rings. The van der Waals surface area contributed by atoms with Gasteiger partial charge in [0.05, 0.1) is 23.9 Å². The van der Waals surface area contributed by atoms with Crippen LogP contribution in [0.15, 0.2) is 113 Å². The smallest absolute Gasteiger partial charge is 0.264 e. The van der Waals surface area contributed by atoms with Crippen LogP contribution in [-0.4, -0.2) is 34.2 Å². The number of hydrogen-bond donors (Lipinski definition) is 1. The highest BCUT2D eigenvalue weighted by Crippen LogP contribution is 2.25. The second kappa shape index (κ2) is 12.9. The van der Waals surface area contributed by atoms with Crippen molar-refractivity contribution in [3.8, 4) is 11.5 Å². The molecular formula is C29H26ClN3O5S. The Morgan fingerprint density at radius 1 is 0.897 bits per heavy atom. The summed E-state index contributed by atoms with van der Waals surface area (Å²) < 4.78 is 38.7. The van der Waals surface area contributed by atoms with Gasteiger partial charge in [0.1, 0.15) is 24.7 Å². The Morgan fingerprint density at radius 2 is 1.54 bits per heavy atom. The minimum atomic E-state index is -4.02. The molecule has 0 fully saturated rings. The summed E-state index contributed by atoms with van der Waals surface area (Å²) in [5, 5.41) is 4.65. The molecule has 0 aliphatic carbocycles. The summed E-state index contributed by atoms with van der Waals surface area (Å²) in [6.45, 7) is -0.0738. The van der Waals surface area contributed by atoms with Gasteiger partial charge in [-0.2, -0.15) is 5.10 Å². The molecule has 0 unspecified atom stereocenters. The molecule has 0 aliphatic rings. The fourth-order valence-electron chi connectivity index (χ4n) is 3.53. The minimum Gasteiger partial charge on any atom is -0.497 e. The zero-order chi connectivity index (χ0) is 27.7. The third-order valence-corrected chi connectivity index (χ3v) is 7.62. The van der Waals surface area contributed by atoms with Crippen molar-refractivity contribution >= 4 is 39.4 Å². The van der Waals surface area contributed by atoms with E-state index in [0.717, 1.165) is 15.4 Å². The first-order valence-corrected chi connectivity index (χ1v) is 13.7. The van der Waals surface area contributed by atoms with Crippen molar-refractivity contribution in [2.75, 3.05) is 18.0 Å². The molecule has 0 atom stereocenters. The van der Waals surface area contributed by atoms with E-state index in [1.807, 2.05) is 12.1 Å². The normalized spacial score (nSPS) is 11.2. The van der Waals surface area contributed by atoms with Crippen LogP contribution in [0.5, 0.6) is 11.5 Å². The van der Waals surface area contributed by atoms with E-state index < -0.39 is 22.5 Å². The molecule has 1 amide bonds. The summed E-state index contributed by atoms with van der Waals surface area (Å²) in [5.74, 6) is 0.628. The molecule has 10 heteroatoms. The Morgan fingerprint density at radius 3 is 2.18 bits per heavy atom. The number of amides is 1. The van der Waals surface area contributed by atoms with Gasteiger partial charge in [0.15, 0.2) is 0 Å². The van der Waals surface area contributed by atoms with Crippen LogP contribution < -0.4 is 19.2 Å². The number of methoxy groups -OCH3 is 1. The molecule has 0 aromatic heterocycles. The van der Waals surface area contributed by atoms with Gasteiger partial charge in [-0.1, -0.05) is 41.9 Å². The lowest BCUT2D eigenvalue weighted by Crippen LogP contribution is -2.39. The number of halogens is 1. The largest absolute Gasteiger partial charge is 0.497 e. The van der Waals surface area contributed by atoms with Crippen LogP contribution in [0, 0.1) is 0 Å². The maximum Gasteiger partial charge on any atom is 0.264 e. The molecule has 0 radical (unpaired) electrons. The second-order valence-electron chi connectivity index (χ2n) is 8.30. The first-order chi connectivity index (χ1) is 18.8. The molecule has 8 nitrogen and oxygen atoms in total. The fraction of sp³-hybridized carbons (Fsp3) is 0.103. The Balaban J connectivity index is 1.39. The van der Waals surface area contributed by atoms with E-state index in [2.05, 4.69) is 10.5 Å². The van der Waals surface area contributed by atoms with Gasteiger partial charge in [-0.3, -0.25) is 9.10 Å². The molecule has 4 rings (SSSR count). The molecule has 0 spiro atoms. The summed E-state index contributed by atoms with van der Waals surface area (Å²) in [5.41, 5.74) is 4.43. The van der Waals surface area contributed by atoms with Gasteiger partial charge >= 0.3 is 0 Å². The summed E-state index contributed by atoms with van der Waals surface area (Å²) in [6.07, 6.45) is 1.46. The van der Waals surface area contributed by atoms with Crippen molar-refractivity contribution in [1.82, 2.24) is 5.43 Å². The average molecular weight is 564 g/mol. The van der Waals surface area contributed by atoms with Crippen LogP contribution in [0.1, 0.15) is 11.1 Å². The van der Waals surface area contributed by atoms with Crippen molar-refractivity contribution in [3.63, 3.8) is 0 Å². The zero-order valence-electron chi connectivity index (χ0n) is 21.0. The molecule has 0 saturated carbocycles. The number of anilines is 1. The van der Waals surface area contributed by atoms with Crippen molar-refractivity contribution < 1.29 is 22.7 Å². The summed E-state index contributed by atoms with van der Waals surface area (Å²) in [4.78, 5) is 12.8. The van der Waals surface area contributed by atoms with Crippen LogP contribution in [0.25, 0.3) is 0 Å². The number of hydrogen-bond acceptors (Lipinski definition) is 6. The molecule has 0 heterocycles. The maximum absolute atomic E-state index is 13.4. The summed E-state index contributed by atoms with van der Waals surface area (Å²) >= 11 is 5.90. The van der Waals surface area contributed by atoms with Gasteiger partial charge in [-0.05, 0) is 83.9 Å². The summed E-state index contributed by atoms with van der Waals surface area (Å²) in [6, 6.07) is 28.9. The monoisotopic (exact) mass is 563 g/mol. The predicted molar refractivity (Wildman–Crippen MR) is 152 cm³/mol. The van der Waals surface area contributed by atoms with Crippen LogP contribution in [0.2, 0.25) is 5.02 Å². The minimum absolute atomic E-state index is 0.0653. The molecule has 4 aromatic carbocycles. The molecule has 0 bridgehead atoms. The van der Waals surface area contributed by atoms with E-state index in [0.29, 0.717) is 28.8 Å². The zero-order valence-corrected chi connectivity index (χ0v) is 22.6. The van der Waals surface area contributed by atoms with Crippen molar-refractivity contribution in [3.05, 3.63) is 119 Å². The summed E-state index contributed by atoms with van der Waals surface area (Å²) in [7, 11) is -2.50. The molecule has 0 aliphatic heterocycles. The Labute approximate surface area is 232 Å². The van der Waals surface area contributed by atoms with Crippen LogP contribution in [-0.2, 0) is 21.4 Å². The SMILES string of the molecule is COc1ccc(N(CC(=O)N/N=C\c2ccc(OCc3ccc(Cl)cc3)cc2)S(=O)(=O)c2ccccc2)cc1. The lowest BCUT2D eigenvalue weighted by molar-refractivity contribution is -0.119. The Kier molecular flexibility index (Phi) is 9.19. The van der Waals surface area contributed by atoms with E-state index in [1.165, 1.54) is 25.5 Å². The highest BCUT2D eigenvalue weighted by Gasteiger charge is 2.27. The number of carbonyl (C=O) groups is 1. The standard InChI is InChI=1S/C29H26ClN3O5S/c1-37-26-17-13-25(14-18-26)33(39(35,36)28-5-3-2-4-6-28)20-29(34)32-31-19-22-9-15-27(16-10-22)38-21-23-7-11-24(30)12-8-23/h2-19H,20-21H2,1H3,(H,32,34)/b31-19-. The average Bonchev–Trinajstić information content (AvgIpc) is 2.97. The number of nitrogens with one attached hydrogen (secondary N) is 1. The number of sulfonamides is 1. The first-order valence-electron chi connectivity index (χ1n) is 11.9. The van der Waals surface area contributed by atoms with Gasteiger partial charge in [0, 0.05) is 5.02 Å². The Bertz CT molecular complexity index is 1510. The molecule has 0 saturated heterocycles. The third-order valence-electron chi connectivity index (χ3n) is 5.58. The van der Waals surface area contributed by atoms with Gasteiger partial charge in [-0.15, -0.1) is 0 Å². The number of carbonyl (C=O) groups excluding carboxylic acids is 1. The second-order valence-corrected chi connectivity index (χ2v) is 10.6. The first kappa shape index (κ1) is 27.7. The molecular weight excluding hydrogens is 538 g/mol. The number of hydrazone groups is 1. The van der Waals surface area contributed by atoms with Crippen molar-refractivity contribution in [2.45, 2.75) is 11.5 Å². The van der Waals surface area contributed by atoms with E-state index in [9.17, 15) is 13.2 Å². The van der Waals surface area contributed by atoms with E-state index in [-0.39, 0.29) is 4.90 Å². The van der Waals surface area contributed by atoms with E-state index in [4.69, 9.17) is 21.1 Å². The highest BCUT2D eigenvalue weighted by atomic mass is 35.5. The number of rotatable bonds is 11. The molecule has 39 heavy (non-hydrogen) atoms.